The van der Waals surface area contributed by atoms with Crippen LogP contribution in [0.15, 0.2) is 30.3 Å². The van der Waals surface area contributed by atoms with Crippen molar-refractivity contribution < 1.29 is 14.4 Å². The highest BCUT2D eigenvalue weighted by Gasteiger charge is 2.22. The first-order chi connectivity index (χ1) is 9.69. The Balaban J connectivity index is 1.88. The van der Waals surface area contributed by atoms with Crippen LogP contribution in [0.4, 0.5) is 4.79 Å². The third kappa shape index (κ3) is 3.91. The fourth-order valence-corrected chi connectivity index (χ4v) is 2.17. The molecule has 1 aliphatic heterocycles. The van der Waals surface area contributed by atoms with Crippen molar-refractivity contribution in [2.75, 3.05) is 13.1 Å². The normalized spacial score (nSPS) is 16.6. The van der Waals surface area contributed by atoms with E-state index >= 15 is 0 Å². The zero-order valence-corrected chi connectivity index (χ0v) is 11.2. The summed E-state index contributed by atoms with van der Waals surface area (Å²) in [6.07, 6.45) is 3.05. The quantitative estimate of drug-likeness (QED) is 0.892. The van der Waals surface area contributed by atoms with Gasteiger partial charge in [-0.05, 0) is 5.56 Å². The number of carbonyl (C=O) groups is 2. The molecule has 0 saturated carbocycles. The van der Waals surface area contributed by atoms with Crippen LogP contribution in [0.25, 0.3) is 0 Å². The molecule has 1 aliphatic rings. The van der Waals surface area contributed by atoms with Gasteiger partial charge >= 0.3 is 6.03 Å². The van der Waals surface area contributed by atoms with E-state index in [0.717, 1.165) is 5.56 Å². The smallest absolute Gasteiger partial charge is 0.318 e. The molecular formula is C15H17N2O3. The predicted octanol–water partition coefficient (Wildman–Crippen LogP) is 1.08. The summed E-state index contributed by atoms with van der Waals surface area (Å²) in [6.45, 7) is 0.836. The van der Waals surface area contributed by atoms with E-state index in [1.54, 1.807) is 4.90 Å². The molecule has 1 aromatic carbocycles. The third-order valence-corrected chi connectivity index (χ3v) is 3.33. The number of likely N-dealkylation sites (tertiary alicyclic amines) is 1. The number of hydrogen-bond acceptors (Lipinski definition) is 3. The van der Waals surface area contributed by atoms with Crippen molar-refractivity contribution in [3.05, 3.63) is 35.9 Å². The molecule has 105 valence electrons. The van der Waals surface area contributed by atoms with E-state index in [-0.39, 0.29) is 11.8 Å². The summed E-state index contributed by atoms with van der Waals surface area (Å²) >= 11 is 0. The summed E-state index contributed by atoms with van der Waals surface area (Å²) in [5.74, 6) is 0.178. The zero-order chi connectivity index (χ0) is 14.4. The van der Waals surface area contributed by atoms with Crippen molar-refractivity contribution in [1.29, 1.82) is 0 Å². The van der Waals surface area contributed by atoms with Gasteiger partial charge in [-0.25, -0.2) is 4.79 Å². The van der Waals surface area contributed by atoms with Crippen LogP contribution in [0.3, 0.4) is 0 Å². The first kappa shape index (κ1) is 14.2. The Hall–Kier alpha value is -2.17. The van der Waals surface area contributed by atoms with Crippen LogP contribution >= 0.6 is 0 Å². The van der Waals surface area contributed by atoms with Gasteiger partial charge in [0.2, 0.25) is 6.29 Å². The Kier molecular flexibility index (Phi) is 4.87. The highest BCUT2D eigenvalue weighted by atomic mass is 16.2. The van der Waals surface area contributed by atoms with E-state index in [2.05, 4.69) is 5.32 Å². The molecule has 0 unspecified atom stereocenters. The molecule has 1 radical (unpaired) electrons. The van der Waals surface area contributed by atoms with Crippen molar-refractivity contribution in [2.45, 2.75) is 25.3 Å². The van der Waals surface area contributed by atoms with Gasteiger partial charge in [0.25, 0.3) is 0 Å². The number of nitrogens with one attached hydrogen (secondary N) is 1. The number of carbonyl (C=O) groups excluding carboxylic acids is 3. The van der Waals surface area contributed by atoms with Crippen molar-refractivity contribution in [1.82, 2.24) is 10.2 Å². The average Bonchev–Trinajstić information content (AvgIpc) is 2.48. The van der Waals surface area contributed by atoms with Gasteiger partial charge in [0.1, 0.15) is 11.8 Å². The maximum Gasteiger partial charge on any atom is 0.318 e. The molecule has 1 saturated heterocycles. The molecule has 1 N–H and O–H groups in total. The van der Waals surface area contributed by atoms with Crippen LogP contribution in [0.2, 0.25) is 0 Å². The van der Waals surface area contributed by atoms with Crippen LogP contribution in [-0.2, 0) is 16.0 Å². The molecule has 0 aliphatic carbocycles. The molecule has 1 heterocycles. The van der Waals surface area contributed by atoms with Gasteiger partial charge in [-0.15, -0.1) is 0 Å². The molecule has 0 spiro atoms. The summed E-state index contributed by atoms with van der Waals surface area (Å²) in [5.41, 5.74) is 0.968. The molecule has 2 amide bonds. The van der Waals surface area contributed by atoms with Crippen molar-refractivity contribution >= 4 is 18.1 Å². The summed E-state index contributed by atoms with van der Waals surface area (Å²) in [6, 6.07) is 8.49. The van der Waals surface area contributed by atoms with E-state index in [0.29, 0.717) is 32.4 Å². The van der Waals surface area contributed by atoms with Gasteiger partial charge in [0, 0.05) is 32.4 Å². The lowest BCUT2D eigenvalue weighted by Gasteiger charge is -2.27. The minimum atomic E-state index is -0.664. The Bertz CT molecular complexity index is 477. The first-order valence-electron chi connectivity index (χ1n) is 6.68. The second-order valence-corrected chi connectivity index (χ2v) is 4.84. The van der Waals surface area contributed by atoms with Crippen LogP contribution < -0.4 is 5.32 Å². The first-order valence-corrected chi connectivity index (χ1v) is 6.68. The van der Waals surface area contributed by atoms with Gasteiger partial charge < -0.3 is 10.2 Å². The lowest BCUT2D eigenvalue weighted by atomic mass is 10.1. The summed E-state index contributed by atoms with van der Waals surface area (Å²) < 4.78 is 0. The second kappa shape index (κ2) is 6.84. The Morgan fingerprint density at radius 2 is 1.90 bits per heavy atom. The number of Topliss-reactive ketones (excluding diaryl/α,β-unsaturated/α-hetero) is 1. The lowest BCUT2D eigenvalue weighted by Crippen LogP contribution is -2.49. The fraction of sp³-hybridized carbons (Fsp3) is 0.400. The average molecular weight is 273 g/mol. The molecule has 0 bridgehead atoms. The van der Waals surface area contributed by atoms with E-state index in [4.69, 9.17) is 0 Å². The van der Waals surface area contributed by atoms with Gasteiger partial charge in [0.15, 0.2) is 0 Å². The highest BCUT2D eigenvalue weighted by Crippen LogP contribution is 2.07. The Morgan fingerprint density at radius 1 is 1.25 bits per heavy atom. The minimum Gasteiger partial charge on any atom is -0.327 e. The fourth-order valence-electron chi connectivity index (χ4n) is 2.17. The molecule has 5 nitrogen and oxygen atoms in total. The van der Waals surface area contributed by atoms with Crippen molar-refractivity contribution in [3.63, 3.8) is 0 Å². The maximum atomic E-state index is 12.0. The number of urea groups is 1. The topological polar surface area (TPSA) is 66.5 Å². The Labute approximate surface area is 118 Å². The predicted molar refractivity (Wildman–Crippen MR) is 74.0 cm³/mol. The molecule has 0 aromatic heterocycles. The van der Waals surface area contributed by atoms with Gasteiger partial charge in [-0.3, -0.25) is 9.59 Å². The van der Waals surface area contributed by atoms with Gasteiger partial charge in [-0.1, -0.05) is 30.3 Å². The number of rotatable bonds is 4. The largest absolute Gasteiger partial charge is 0.327 e. The number of nitrogens with zero attached hydrogens (tertiary/aromatic N) is 1. The number of amides is 2. The SMILES string of the molecule is O=[C][C@H](Cc1ccccc1)NC(=O)N1CCC(=O)CC1. The van der Waals surface area contributed by atoms with Crippen LogP contribution in [0.1, 0.15) is 18.4 Å². The van der Waals surface area contributed by atoms with E-state index in [1.807, 2.05) is 36.6 Å². The molecule has 1 aromatic rings. The number of ketones is 1. The highest BCUT2D eigenvalue weighted by molar-refractivity contribution is 5.83. The van der Waals surface area contributed by atoms with Gasteiger partial charge in [-0.2, -0.15) is 0 Å². The molecule has 1 fully saturated rings. The maximum absolute atomic E-state index is 12.0. The lowest BCUT2D eigenvalue weighted by molar-refractivity contribution is -0.120. The van der Waals surface area contributed by atoms with Crippen LogP contribution in [-0.4, -0.2) is 42.1 Å². The van der Waals surface area contributed by atoms with E-state index in [1.165, 1.54) is 0 Å². The number of benzene rings is 1. The van der Waals surface area contributed by atoms with Crippen LogP contribution in [0, 0.1) is 0 Å². The number of piperidine rings is 1. The monoisotopic (exact) mass is 273 g/mol. The Morgan fingerprint density at radius 3 is 2.50 bits per heavy atom. The second-order valence-electron chi connectivity index (χ2n) is 4.84. The minimum absolute atomic E-state index is 0.178. The van der Waals surface area contributed by atoms with Crippen molar-refractivity contribution in [3.8, 4) is 0 Å². The molecule has 5 heteroatoms. The van der Waals surface area contributed by atoms with E-state index < -0.39 is 6.04 Å². The summed E-state index contributed by atoms with van der Waals surface area (Å²) in [7, 11) is 0. The zero-order valence-electron chi connectivity index (χ0n) is 11.2. The molecule has 20 heavy (non-hydrogen) atoms. The van der Waals surface area contributed by atoms with Gasteiger partial charge in [0.05, 0.1) is 0 Å². The molecular weight excluding hydrogens is 256 g/mol. The van der Waals surface area contributed by atoms with Crippen LogP contribution in [0.5, 0.6) is 0 Å². The number of hydrogen-bond donors (Lipinski definition) is 1. The standard InChI is InChI=1S/C15H17N2O3/c18-11-13(10-12-4-2-1-3-5-12)16-15(20)17-8-6-14(19)7-9-17/h1-5,13H,6-10H2,(H,16,20)/t13-/m0/s1. The summed E-state index contributed by atoms with van der Waals surface area (Å²) in [4.78, 5) is 35.7. The molecule has 1 atom stereocenters. The van der Waals surface area contributed by atoms with Crippen molar-refractivity contribution in [2.24, 2.45) is 0 Å². The third-order valence-electron chi connectivity index (χ3n) is 3.33. The van der Waals surface area contributed by atoms with E-state index in [9.17, 15) is 14.4 Å². The molecule has 2 rings (SSSR count). The summed E-state index contributed by atoms with van der Waals surface area (Å²) in [5, 5.41) is 2.65.